The Hall–Kier alpha value is -3.02. The Kier molecular flexibility index (Phi) is 3.21. The van der Waals surface area contributed by atoms with Gasteiger partial charge in [0.1, 0.15) is 23.5 Å². The van der Waals surface area contributed by atoms with Crippen molar-refractivity contribution in [3.63, 3.8) is 0 Å². The monoisotopic (exact) mass is 298 g/mol. The molecule has 1 aliphatic heterocycles. The molecule has 22 heavy (non-hydrogen) atoms. The first-order chi connectivity index (χ1) is 10.5. The van der Waals surface area contributed by atoms with Gasteiger partial charge in [0.05, 0.1) is 23.5 Å². The number of hydrogen-bond donors (Lipinski definition) is 2. The highest BCUT2D eigenvalue weighted by molar-refractivity contribution is 6.15. The van der Waals surface area contributed by atoms with Crippen LogP contribution in [0, 0.1) is 0 Å². The van der Waals surface area contributed by atoms with E-state index in [2.05, 4.69) is 0 Å². The molecule has 2 aromatic rings. The fourth-order valence-corrected chi connectivity index (χ4v) is 2.72. The molecule has 0 unspecified atom stereocenters. The van der Waals surface area contributed by atoms with Crippen molar-refractivity contribution in [2.24, 2.45) is 0 Å². The van der Waals surface area contributed by atoms with Gasteiger partial charge in [-0.05, 0) is 12.1 Å². The van der Waals surface area contributed by atoms with E-state index in [0.717, 1.165) is 0 Å². The molecule has 2 N–H and O–H groups in total. The van der Waals surface area contributed by atoms with Gasteiger partial charge in [0, 0.05) is 19.2 Å². The second-order valence-electron chi connectivity index (χ2n) is 4.99. The Morgan fingerprint density at radius 2 is 1.86 bits per heavy atom. The van der Waals surface area contributed by atoms with Gasteiger partial charge in [-0.1, -0.05) is 12.1 Å². The van der Waals surface area contributed by atoms with Crippen molar-refractivity contribution in [2.45, 2.75) is 0 Å². The lowest BCUT2D eigenvalue weighted by Crippen LogP contribution is -2.32. The first-order valence-electron chi connectivity index (χ1n) is 6.69. The standard InChI is InChI=1S/C16H14N2O4/c1-17-12-5-3-2-4-11(12)16(22)18(6-7-19)13-8-10(20)9-14(21)15(13)17/h2-5,7-9,20-21H,6H2,1H3. The first kappa shape index (κ1) is 13.9. The fraction of sp³-hybridized carbons (Fsp3) is 0.125. The van der Waals surface area contributed by atoms with E-state index in [4.69, 9.17) is 0 Å². The van der Waals surface area contributed by atoms with Crippen LogP contribution in [-0.2, 0) is 4.79 Å². The summed E-state index contributed by atoms with van der Waals surface area (Å²) in [7, 11) is 1.71. The maximum Gasteiger partial charge on any atom is 0.260 e. The molecule has 0 aliphatic carbocycles. The number of phenolic OH excluding ortho intramolecular Hbond substituents is 2. The third kappa shape index (κ3) is 1.96. The second kappa shape index (κ2) is 5.07. The van der Waals surface area contributed by atoms with Crippen LogP contribution in [0.25, 0.3) is 0 Å². The molecule has 2 aromatic carbocycles. The molecule has 112 valence electrons. The van der Waals surface area contributed by atoms with Crippen molar-refractivity contribution in [3.05, 3.63) is 42.0 Å². The van der Waals surface area contributed by atoms with Crippen LogP contribution in [0.2, 0.25) is 0 Å². The summed E-state index contributed by atoms with van der Waals surface area (Å²) >= 11 is 0. The van der Waals surface area contributed by atoms with Gasteiger partial charge in [0.2, 0.25) is 0 Å². The number of benzene rings is 2. The van der Waals surface area contributed by atoms with Crippen LogP contribution in [-0.4, -0.2) is 36.0 Å². The van der Waals surface area contributed by atoms with Gasteiger partial charge in [0.15, 0.2) is 0 Å². The largest absolute Gasteiger partial charge is 0.508 e. The van der Waals surface area contributed by atoms with Crippen LogP contribution >= 0.6 is 0 Å². The highest BCUT2D eigenvalue weighted by Gasteiger charge is 2.31. The number of para-hydroxylation sites is 1. The molecule has 0 saturated heterocycles. The van der Waals surface area contributed by atoms with Gasteiger partial charge in [-0.15, -0.1) is 0 Å². The van der Waals surface area contributed by atoms with Crippen molar-refractivity contribution in [1.29, 1.82) is 0 Å². The minimum Gasteiger partial charge on any atom is -0.508 e. The number of fused-ring (bicyclic) bond motifs is 2. The van der Waals surface area contributed by atoms with Gasteiger partial charge in [0.25, 0.3) is 5.91 Å². The summed E-state index contributed by atoms with van der Waals surface area (Å²) in [5, 5.41) is 19.9. The number of anilines is 3. The van der Waals surface area contributed by atoms with E-state index in [-0.39, 0.29) is 29.6 Å². The number of carbonyl (C=O) groups is 2. The highest BCUT2D eigenvalue weighted by Crippen LogP contribution is 2.46. The number of hydrogen-bond acceptors (Lipinski definition) is 5. The number of amides is 1. The molecule has 6 heteroatoms. The number of aldehydes is 1. The average molecular weight is 298 g/mol. The molecular weight excluding hydrogens is 284 g/mol. The van der Waals surface area contributed by atoms with Gasteiger partial charge < -0.3 is 19.9 Å². The predicted molar refractivity (Wildman–Crippen MR) is 82.0 cm³/mol. The molecule has 0 atom stereocenters. The maximum absolute atomic E-state index is 12.7. The third-order valence-corrected chi connectivity index (χ3v) is 3.68. The zero-order chi connectivity index (χ0) is 15.9. The lowest BCUT2D eigenvalue weighted by atomic mass is 10.1. The molecular formula is C16H14N2O4. The van der Waals surface area contributed by atoms with E-state index in [1.54, 1.807) is 36.2 Å². The van der Waals surface area contributed by atoms with Crippen LogP contribution in [0.1, 0.15) is 10.4 Å². The number of nitrogens with zero attached hydrogens (tertiary/aromatic N) is 2. The second-order valence-corrected chi connectivity index (χ2v) is 4.99. The number of aromatic hydroxyl groups is 2. The fourth-order valence-electron chi connectivity index (χ4n) is 2.72. The summed E-state index contributed by atoms with van der Waals surface area (Å²) in [4.78, 5) is 26.6. The van der Waals surface area contributed by atoms with Crippen molar-refractivity contribution >= 4 is 29.3 Å². The van der Waals surface area contributed by atoms with Crippen molar-refractivity contribution in [1.82, 2.24) is 0 Å². The molecule has 1 heterocycles. The summed E-state index contributed by atoms with van der Waals surface area (Å²) in [5.74, 6) is -0.712. The van der Waals surface area contributed by atoms with E-state index in [1.165, 1.54) is 17.0 Å². The van der Waals surface area contributed by atoms with E-state index in [9.17, 15) is 19.8 Å². The third-order valence-electron chi connectivity index (χ3n) is 3.68. The topological polar surface area (TPSA) is 81.1 Å². The molecule has 0 fully saturated rings. The molecule has 0 saturated carbocycles. The minimum absolute atomic E-state index is 0.169. The smallest absolute Gasteiger partial charge is 0.260 e. The Balaban J connectivity index is 2.35. The van der Waals surface area contributed by atoms with Crippen molar-refractivity contribution in [2.75, 3.05) is 23.4 Å². The lowest BCUT2D eigenvalue weighted by molar-refractivity contribution is -0.106. The predicted octanol–water partition coefficient (Wildman–Crippen LogP) is 2.02. The van der Waals surface area contributed by atoms with Crippen LogP contribution in [0.4, 0.5) is 17.1 Å². The molecule has 1 amide bonds. The zero-order valence-electron chi connectivity index (χ0n) is 11.9. The zero-order valence-corrected chi connectivity index (χ0v) is 11.9. The van der Waals surface area contributed by atoms with E-state index in [1.807, 2.05) is 0 Å². The molecule has 1 aliphatic rings. The van der Waals surface area contributed by atoms with Gasteiger partial charge in [-0.25, -0.2) is 0 Å². The minimum atomic E-state index is -0.363. The SMILES string of the molecule is CN1c2ccccc2C(=O)N(CC=O)c2cc(O)cc(O)c21. The number of rotatable bonds is 2. The highest BCUT2D eigenvalue weighted by atomic mass is 16.3. The van der Waals surface area contributed by atoms with Crippen LogP contribution in [0.5, 0.6) is 11.5 Å². The Bertz CT molecular complexity index is 773. The normalized spacial score (nSPS) is 13.4. The Morgan fingerprint density at radius 3 is 2.59 bits per heavy atom. The molecule has 0 bridgehead atoms. The Labute approximate surface area is 126 Å². The number of phenols is 2. The summed E-state index contributed by atoms with van der Waals surface area (Å²) in [6, 6.07) is 9.50. The molecule has 3 rings (SSSR count). The van der Waals surface area contributed by atoms with Crippen LogP contribution < -0.4 is 9.80 Å². The molecule has 0 radical (unpaired) electrons. The van der Waals surface area contributed by atoms with Gasteiger partial charge >= 0.3 is 0 Å². The quantitative estimate of drug-likeness (QED) is 0.829. The first-order valence-corrected chi connectivity index (χ1v) is 6.69. The van der Waals surface area contributed by atoms with Gasteiger partial charge in [-0.3, -0.25) is 9.69 Å². The van der Waals surface area contributed by atoms with Crippen molar-refractivity contribution in [3.8, 4) is 11.5 Å². The summed E-state index contributed by atoms with van der Waals surface area (Å²) in [5.41, 5.74) is 1.68. The number of carbonyl (C=O) groups excluding carboxylic acids is 2. The summed E-state index contributed by atoms with van der Waals surface area (Å²) in [6.07, 6.45) is 0.608. The summed E-state index contributed by atoms with van der Waals surface area (Å²) in [6.45, 7) is -0.170. The maximum atomic E-state index is 12.7. The van der Waals surface area contributed by atoms with E-state index < -0.39 is 0 Å². The van der Waals surface area contributed by atoms with Gasteiger partial charge in [-0.2, -0.15) is 0 Å². The summed E-state index contributed by atoms with van der Waals surface area (Å²) < 4.78 is 0. The van der Waals surface area contributed by atoms with Crippen LogP contribution in [0.15, 0.2) is 36.4 Å². The van der Waals surface area contributed by atoms with E-state index in [0.29, 0.717) is 23.2 Å². The lowest BCUT2D eigenvalue weighted by Gasteiger charge is -2.24. The average Bonchev–Trinajstić information content (AvgIpc) is 2.58. The Morgan fingerprint density at radius 1 is 1.14 bits per heavy atom. The van der Waals surface area contributed by atoms with Crippen LogP contribution in [0.3, 0.4) is 0 Å². The molecule has 0 spiro atoms. The van der Waals surface area contributed by atoms with Crippen molar-refractivity contribution < 1.29 is 19.8 Å². The van der Waals surface area contributed by atoms with E-state index >= 15 is 0 Å². The molecule has 6 nitrogen and oxygen atoms in total. The molecule has 0 aromatic heterocycles.